The molecule has 4 rings (SSSR count). The lowest BCUT2D eigenvalue weighted by Crippen LogP contribution is -2.28. The Hall–Kier alpha value is -2.37. The molecule has 27 heavy (non-hydrogen) atoms. The summed E-state index contributed by atoms with van der Waals surface area (Å²) in [5, 5.41) is 2.64. The molecular formula is C21H18ClNO3S. The molecule has 1 heterocycles. The second kappa shape index (κ2) is 7.33. The standard InChI is InChI=1S/C21H18ClNO3S/c1-25-17-7-5-13-9-15(4-3-14(13)10-17)21-23(20(24)12-27-21)18-11-16(22)6-8-19(18)26-2/h3-11,21H,12H2,1-2H3/t21-/m0/s1. The molecule has 0 radical (unpaired) electrons. The number of fused-ring (bicyclic) bond motifs is 1. The van der Waals surface area contributed by atoms with Crippen molar-refractivity contribution in [2.75, 3.05) is 24.9 Å². The largest absolute Gasteiger partial charge is 0.497 e. The molecule has 138 valence electrons. The van der Waals surface area contributed by atoms with Crippen LogP contribution in [-0.2, 0) is 4.79 Å². The fraction of sp³-hybridized carbons (Fsp3) is 0.190. The maximum absolute atomic E-state index is 12.7. The number of nitrogens with zero attached hydrogens (tertiary/aromatic N) is 1. The van der Waals surface area contributed by atoms with Crippen LogP contribution in [0.15, 0.2) is 54.6 Å². The molecule has 3 aromatic rings. The van der Waals surface area contributed by atoms with Crippen molar-refractivity contribution in [3.8, 4) is 11.5 Å². The Kier molecular flexibility index (Phi) is 4.89. The van der Waals surface area contributed by atoms with Gasteiger partial charge in [-0.2, -0.15) is 0 Å². The molecule has 0 spiro atoms. The predicted molar refractivity (Wildman–Crippen MR) is 111 cm³/mol. The highest BCUT2D eigenvalue weighted by Crippen LogP contribution is 2.46. The van der Waals surface area contributed by atoms with Gasteiger partial charge in [0.15, 0.2) is 0 Å². The molecule has 1 aliphatic rings. The van der Waals surface area contributed by atoms with E-state index in [0.29, 0.717) is 22.2 Å². The first-order valence-corrected chi connectivity index (χ1v) is 9.88. The number of thioether (sulfide) groups is 1. The molecule has 1 amide bonds. The van der Waals surface area contributed by atoms with Crippen molar-refractivity contribution in [2.24, 2.45) is 0 Å². The number of benzene rings is 3. The van der Waals surface area contributed by atoms with Crippen LogP contribution in [0.25, 0.3) is 10.8 Å². The van der Waals surface area contributed by atoms with Gasteiger partial charge in [-0.1, -0.05) is 29.8 Å². The van der Waals surface area contributed by atoms with Gasteiger partial charge < -0.3 is 9.47 Å². The minimum atomic E-state index is -0.128. The number of anilines is 1. The first-order chi connectivity index (χ1) is 13.1. The topological polar surface area (TPSA) is 38.8 Å². The van der Waals surface area contributed by atoms with Crippen molar-refractivity contribution in [1.82, 2.24) is 0 Å². The number of carbonyl (C=O) groups is 1. The van der Waals surface area contributed by atoms with Crippen molar-refractivity contribution in [2.45, 2.75) is 5.37 Å². The predicted octanol–water partition coefficient (Wildman–Crippen LogP) is 5.29. The molecule has 0 aliphatic carbocycles. The van der Waals surface area contributed by atoms with Gasteiger partial charge >= 0.3 is 0 Å². The third-order valence-electron chi connectivity index (χ3n) is 4.62. The summed E-state index contributed by atoms with van der Waals surface area (Å²) < 4.78 is 10.8. The van der Waals surface area contributed by atoms with Crippen LogP contribution in [0.2, 0.25) is 5.02 Å². The van der Waals surface area contributed by atoms with Crippen molar-refractivity contribution < 1.29 is 14.3 Å². The van der Waals surface area contributed by atoms with Crippen LogP contribution in [0.5, 0.6) is 11.5 Å². The maximum atomic E-state index is 12.7. The minimum absolute atomic E-state index is 0.0420. The third-order valence-corrected chi connectivity index (χ3v) is 6.07. The fourth-order valence-electron chi connectivity index (χ4n) is 3.31. The second-order valence-corrected chi connectivity index (χ2v) is 7.72. The number of ether oxygens (including phenoxy) is 2. The average Bonchev–Trinajstić information content (AvgIpc) is 3.08. The van der Waals surface area contributed by atoms with Crippen LogP contribution in [-0.4, -0.2) is 25.9 Å². The van der Waals surface area contributed by atoms with Gasteiger partial charge in [0, 0.05) is 5.02 Å². The monoisotopic (exact) mass is 399 g/mol. The molecule has 1 aliphatic heterocycles. The van der Waals surface area contributed by atoms with E-state index in [0.717, 1.165) is 22.1 Å². The van der Waals surface area contributed by atoms with Crippen LogP contribution < -0.4 is 14.4 Å². The highest BCUT2D eigenvalue weighted by molar-refractivity contribution is 8.00. The Bertz CT molecular complexity index is 1020. The highest BCUT2D eigenvalue weighted by Gasteiger charge is 2.35. The molecule has 6 heteroatoms. The van der Waals surface area contributed by atoms with Gasteiger partial charge in [0.1, 0.15) is 16.9 Å². The van der Waals surface area contributed by atoms with Gasteiger partial charge in [0.05, 0.1) is 25.7 Å². The summed E-state index contributed by atoms with van der Waals surface area (Å²) in [5.74, 6) is 1.91. The zero-order chi connectivity index (χ0) is 19.0. The minimum Gasteiger partial charge on any atom is -0.497 e. The zero-order valence-corrected chi connectivity index (χ0v) is 16.5. The van der Waals surface area contributed by atoms with E-state index in [4.69, 9.17) is 21.1 Å². The lowest BCUT2D eigenvalue weighted by Gasteiger charge is -2.26. The first-order valence-electron chi connectivity index (χ1n) is 8.45. The van der Waals surface area contributed by atoms with Gasteiger partial charge in [-0.25, -0.2) is 0 Å². The third kappa shape index (κ3) is 3.33. The van der Waals surface area contributed by atoms with Crippen LogP contribution in [0.1, 0.15) is 10.9 Å². The van der Waals surface area contributed by atoms with Gasteiger partial charge in [-0.15, -0.1) is 11.8 Å². The Morgan fingerprint density at radius 1 is 1.00 bits per heavy atom. The molecule has 1 atom stereocenters. The number of hydrogen-bond acceptors (Lipinski definition) is 4. The van der Waals surface area contributed by atoms with E-state index in [1.165, 1.54) is 0 Å². The zero-order valence-electron chi connectivity index (χ0n) is 14.9. The Morgan fingerprint density at radius 2 is 1.78 bits per heavy atom. The lowest BCUT2D eigenvalue weighted by atomic mass is 10.1. The number of carbonyl (C=O) groups excluding carboxylic acids is 1. The lowest BCUT2D eigenvalue weighted by molar-refractivity contribution is -0.115. The van der Waals surface area contributed by atoms with Crippen LogP contribution >= 0.6 is 23.4 Å². The van der Waals surface area contributed by atoms with E-state index in [1.807, 2.05) is 18.2 Å². The average molecular weight is 400 g/mol. The summed E-state index contributed by atoms with van der Waals surface area (Å²) in [6.07, 6.45) is 0. The summed E-state index contributed by atoms with van der Waals surface area (Å²) >= 11 is 7.79. The Morgan fingerprint density at radius 3 is 2.56 bits per heavy atom. The van der Waals surface area contributed by atoms with Crippen molar-refractivity contribution in [3.05, 3.63) is 65.2 Å². The molecule has 4 nitrogen and oxygen atoms in total. The van der Waals surface area contributed by atoms with Gasteiger partial charge in [-0.3, -0.25) is 9.69 Å². The normalized spacial score (nSPS) is 16.8. The molecule has 0 aromatic heterocycles. The Balaban J connectivity index is 1.77. The quantitative estimate of drug-likeness (QED) is 0.597. The van der Waals surface area contributed by atoms with Crippen LogP contribution in [0, 0.1) is 0 Å². The molecule has 0 N–H and O–H groups in total. The smallest absolute Gasteiger partial charge is 0.238 e. The number of halogens is 1. The fourth-order valence-corrected chi connectivity index (χ4v) is 4.63. The van der Waals surface area contributed by atoms with Crippen molar-refractivity contribution >= 4 is 45.7 Å². The Labute approximate surface area is 167 Å². The molecule has 3 aromatic carbocycles. The summed E-state index contributed by atoms with van der Waals surface area (Å²) in [7, 11) is 3.26. The van der Waals surface area contributed by atoms with Crippen LogP contribution in [0.3, 0.4) is 0 Å². The number of amides is 1. The summed E-state index contributed by atoms with van der Waals surface area (Å²) in [6.45, 7) is 0. The van der Waals surface area contributed by atoms with E-state index >= 15 is 0 Å². The van der Waals surface area contributed by atoms with Gasteiger partial charge in [0.2, 0.25) is 5.91 Å². The van der Waals surface area contributed by atoms with Gasteiger partial charge in [0.25, 0.3) is 0 Å². The second-order valence-electron chi connectivity index (χ2n) is 6.22. The summed E-state index contributed by atoms with van der Waals surface area (Å²) in [6, 6.07) is 17.5. The molecule has 0 bridgehead atoms. The number of hydrogen-bond donors (Lipinski definition) is 0. The van der Waals surface area contributed by atoms with E-state index in [9.17, 15) is 4.79 Å². The molecule has 0 saturated carbocycles. The van der Waals surface area contributed by atoms with E-state index in [2.05, 4.69) is 18.2 Å². The van der Waals surface area contributed by atoms with E-state index in [1.54, 1.807) is 49.1 Å². The van der Waals surface area contributed by atoms with E-state index < -0.39 is 0 Å². The first kappa shape index (κ1) is 18.0. The number of methoxy groups -OCH3 is 2. The van der Waals surface area contributed by atoms with Crippen molar-refractivity contribution in [1.29, 1.82) is 0 Å². The SMILES string of the molecule is COc1ccc2cc([C@@H]3SCC(=O)N3c3cc(Cl)ccc3OC)ccc2c1. The van der Waals surface area contributed by atoms with Crippen molar-refractivity contribution in [3.63, 3.8) is 0 Å². The van der Waals surface area contributed by atoms with Crippen LogP contribution in [0.4, 0.5) is 5.69 Å². The molecule has 0 unspecified atom stereocenters. The maximum Gasteiger partial charge on any atom is 0.238 e. The summed E-state index contributed by atoms with van der Waals surface area (Å²) in [5.41, 5.74) is 1.75. The molecule has 1 fully saturated rings. The van der Waals surface area contributed by atoms with E-state index in [-0.39, 0.29) is 11.3 Å². The van der Waals surface area contributed by atoms with Gasteiger partial charge in [-0.05, 0) is 52.7 Å². The highest BCUT2D eigenvalue weighted by atomic mass is 35.5. The molecular weight excluding hydrogens is 382 g/mol. The summed E-state index contributed by atoms with van der Waals surface area (Å²) in [4.78, 5) is 14.5. The number of rotatable bonds is 4. The molecule has 1 saturated heterocycles.